The summed E-state index contributed by atoms with van der Waals surface area (Å²) in [6.07, 6.45) is 0.599. The summed E-state index contributed by atoms with van der Waals surface area (Å²) in [6, 6.07) is 8.74. The van der Waals surface area contributed by atoms with Crippen molar-refractivity contribution in [2.24, 2.45) is 5.73 Å². The number of hydroxylamine groups is 2. The van der Waals surface area contributed by atoms with Crippen molar-refractivity contribution in [3.8, 4) is 0 Å². The van der Waals surface area contributed by atoms with Crippen molar-refractivity contribution in [3.05, 3.63) is 35.9 Å². The summed E-state index contributed by atoms with van der Waals surface area (Å²) in [5.74, 6) is 0. The minimum Gasteiger partial charge on any atom is -0.350 e. The van der Waals surface area contributed by atoms with Crippen LogP contribution in [-0.4, -0.2) is 37.0 Å². The van der Waals surface area contributed by atoms with Gasteiger partial charge in [-0.15, -0.1) is 0 Å². The van der Waals surface area contributed by atoms with E-state index in [-0.39, 0.29) is 19.3 Å². The molecule has 0 aliphatic carbocycles. The number of rotatable bonds is 11. The van der Waals surface area contributed by atoms with Crippen LogP contribution in [-0.2, 0) is 25.1 Å². The highest BCUT2D eigenvalue weighted by atomic mass is 31.2. The Bertz CT molecular complexity index is 502. The molecular formula is C15H25N2O5P. The summed E-state index contributed by atoms with van der Waals surface area (Å²) >= 11 is 0. The lowest BCUT2D eigenvalue weighted by atomic mass is 10.2. The average Bonchev–Trinajstić information content (AvgIpc) is 2.51. The highest BCUT2D eigenvalue weighted by Crippen LogP contribution is 2.48. The molecule has 1 rings (SSSR count). The zero-order chi connectivity index (χ0) is 17.1. The maximum Gasteiger partial charge on any atom is 0.338 e. The highest BCUT2D eigenvalue weighted by molar-refractivity contribution is 7.53. The summed E-state index contributed by atoms with van der Waals surface area (Å²) < 4.78 is 22.7. The van der Waals surface area contributed by atoms with Crippen LogP contribution in [0.2, 0.25) is 0 Å². The fraction of sp³-hybridized carbons (Fsp3) is 0.533. The van der Waals surface area contributed by atoms with E-state index in [1.54, 1.807) is 13.8 Å². The van der Waals surface area contributed by atoms with Gasteiger partial charge in [-0.1, -0.05) is 30.3 Å². The van der Waals surface area contributed by atoms with Gasteiger partial charge in [-0.25, -0.2) is 9.86 Å². The molecule has 1 aromatic carbocycles. The molecule has 0 aromatic heterocycles. The van der Waals surface area contributed by atoms with Crippen molar-refractivity contribution in [1.82, 2.24) is 5.06 Å². The smallest absolute Gasteiger partial charge is 0.338 e. The number of primary amides is 1. The number of urea groups is 1. The summed E-state index contributed by atoms with van der Waals surface area (Å²) in [7, 11) is -3.12. The molecule has 0 spiro atoms. The van der Waals surface area contributed by atoms with Gasteiger partial charge in [0.2, 0.25) is 0 Å². The monoisotopic (exact) mass is 344 g/mol. The lowest BCUT2D eigenvalue weighted by Crippen LogP contribution is -2.36. The van der Waals surface area contributed by atoms with E-state index in [2.05, 4.69) is 0 Å². The van der Waals surface area contributed by atoms with Crippen LogP contribution in [0.4, 0.5) is 4.79 Å². The number of nitrogens with zero attached hydrogens (tertiary/aromatic N) is 1. The van der Waals surface area contributed by atoms with E-state index in [1.165, 1.54) is 0 Å². The van der Waals surface area contributed by atoms with E-state index in [1.807, 2.05) is 30.3 Å². The van der Waals surface area contributed by atoms with Gasteiger partial charge >= 0.3 is 13.6 Å². The van der Waals surface area contributed by atoms with Crippen LogP contribution in [0, 0.1) is 0 Å². The summed E-state index contributed by atoms with van der Waals surface area (Å²) in [6.45, 7) is 4.57. The van der Waals surface area contributed by atoms with Crippen molar-refractivity contribution < 1.29 is 23.2 Å². The van der Waals surface area contributed by atoms with Crippen molar-refractivity contribution >= 4 is 13.6 Å². The first-order chi connectivity index (χ1) is 11.0. The zero-order valence-corrected chi connectivity index (χ0v) is 14.5. The van der Waals surface area contributed by atoms with E-state index >= 15 is 0 Å². The summed E-state index contributed by atoms with van der Waals surface area (Å²) in [5.41, 5.74) is 6.22. The Balaban J connectivity index is 2.46. The number of amides is 2. The number of carbonyl (C=O) groups is 1. The SMILES string of the molecule is CCOP(=O)(CCCN(OCc1ccccc1)C(N)=O)OCC. The normalized spacial score (nSPS) is 11.4. The number of nitrogens with two attached hydrogens (primary N) is 1. The lowest BCUT2D eigenvalue weighted by molar-refractivity contribution is -0.125. The molecule has 2 amide bonds. The average molecular weight is 344 g/mol. The van der Waals surface area contributed by atoms with Gasteiger partial charge in [0.05, 0.1) is 25.9 Å². The molecule has 0 bridgehead atoms. The van der Waals surface area contributed by atoms with Gasteiger partial charge in [-0.05, 0) is 25.8 Å². The molecule has 8 heteroatoms. The Morgan fingerprint density at radius 2 is 1.78 bits per heavy atom. The van der Waals surface area contributed by atoms with E-state index in [4.69, 9.17) is 19.6 Å². The Hall–Kier alpha value is -1.40. The van der Waals surface area contributed by atoms with Gasteiger partial charge in [-0.2, -0.15) is 0 Å². The third kappa shape index (κ3) is 7.61. The van der Waals surface area contributed by atoms with E-state index in [9.17, 15) is 9.36 Å². The molecule has 0 aliphatic heterocycles. The van der Waals surface area contributed by atoms with Gasteiger partial charge < -0.3 is 14.8 Å². The second-order valence-corrected chi connectivity index (χ2v) is 6.91. The minimum absolute atomic E-state index is 0.202. The van der Waals surface area contributed by atoms with E-state index < -0.39 is 13.6 Å². The van der Waals surface area contributed by atoms with Gasteiger partial charge in [-0.3, -0.25) is 9.40 Å². The van der Waals surface area contributed by atoms with E-state index in [0.717, 1.165) is 10.6 Å². The van der Waals surface area contributed by atoms with Crippen LogP contribution in [0.25, 0.3) is 0 Å². The first kappa shape index (κ1) is 19.6. The van der Waals surface area contributed by atoms with Gasteiger partial charge in [0.15, 0.2) is 0 Å². The Morgan fingerprint density at radius 3 is 2.30 bits per heavy atom. The quantitative estimate of drug-likeness (QED) is 0.492. The Morgan fingerprint density at radius 1 is 1.17 bits per heavy atom. The van der Waals surface area contributed by atoms with Crippen LogP contribution < -0.4 is 5.73 Å². The van der Waals surface area contributed by atoms with Crippen LogP contribution >= 0.6 is 7.60 Å². The van der Waals surface area contributed by atoms with Gasteiger partial charge in [0.1, 0.15) is 6.61 Å². The largest absolute Gasteiger partial charge is 0.350 e. The van der Waals surface area contributed by atoms with Gasteiger partial charge in [0, 0.05) is 0 Å². The molecule has 0 radical (unpaired) electrons. The first-order valence-electron chi connectivity index (χ1n) is 7.62. The molecule has 0 heterocycles. The maximum atomic E-state index is 12.3. The maximum absolute atomic E-state index is 12.3. The molecule has 1 aromatic rings. The number of hydrogen-bond donors (Lipinski definition) is 1. The predicted molar refractivity (Wildman–Crippen MR) is 87.9 cm³/mol. The van der Waals surface area contributed by atoms with Crippen LogP contribution in [0.1, 0.15) is 25.8 Å². The third-order valence-electron chi connectivity index (χ3n) is 2.92. The molecule has 7 nitrogen and oxygen atoms in total. The second kappa shape index (κ2) is 10.4. The van der Waals surface area contributed by atoms with Crippen LogP contribution in [0.5, 0.6) is 0 Å². The third-order valence-corrected chi connectivity index (χ3v) is 5.09. The molecule has 0 atom stereocenters. The Kier molecular flexibility index (Phi) is 8.87. The topological polar surface area (TPSA) is 91.1 Å². The second-order valence-electron chi connectivity index (χ2n) is 4.72. The van der Waals surface area contributed by atoms with Crippen molar-refractivity contribution in [3.63, 3.8) is 0 Å². The van der Waals surface area contributed by atoms with E-state index in [0.29, 0.717) is 19.6 Å². The van der Waals surface area contributed by atoms with Crippen molar-refractivity contribution in [1.29, 1.82) is 0 Å². The van der Waals surface area contributed by atoms with Gasteiger partial charge in [0.25, 0.3) is 0 Å². The predicted octanol–water partition coefficient (Wildman–Crippen LogP) is 3.16. The molecule has 130 valence electrons. The van der Waals surface area contributed by atoms with Crippen LogP contribution in [0.15, 0.2) is 30.3 Å². The molecule has 23 heavy (non-hydrogen) atoms. The van der Waals surface area contributed by atoms with Crippen molar-refractivity contribution in [2.75, 3.05) is 25.9 Å². The molecule has 0 fully saturated rings. The molecular weight excluding hydrogens is 319 g/mol. The number of carbonyl (C=O) groups excluding carboxylic acids is 1. The number of hydrogen-bond acceptors (Lipinski definition) is 5. The standard InChI is InChI=1S/C15H25N2O5P/c1-3-21-23(19,22-4-2)12-8-11-17(15(16)18)20-13-14-9-6-5-7-10-14/h5-7,9-10H,3-4,8,11-13H2,1-2H3,(H2,16,18). The lowest BCUT2D eigenvalue weighted by Gasteiger charge is -2.21. The highest BCUT2D eigenvalue weighted by Gasteiger charge is 2.23. The first-order valence-corrected chi connectivity index (χ1v) is 9.35. The molecule has 0 saturated carbocycles. The fourth-order valence-electron chi connectivity index (χ4n) is 1.93. The molecule has 2 N–H and O–H groups in total. The Labute approximate surface area is 137 Å². The molecule has 0 aliphatic rings. The minimum atomic E-state index is -3.12. The molecule has 0 saturated heterocycles. The summed E-state index contributed by atoms with van der Waals surface area (Å²) in [5, 5.41) is 1.06. The zero-order valence-electron chi connectivity index (χ0n) is 13.6. The number of benzene rings is 1. The summed E-state index contributed by atoms with van der Waals surface area (Å²) in [4.78, 5) is 16.8. The molecule has 0 unspecified atom stereocenters. The fourth-order valence-corrected chi connectivity index (χ4v) is 3.58. The van der Waals surface area contributed by atoms with Crippen molar-refractivity contribution in [2.45, 2.75) is 26.9 Å². The van der Waals surface area contributed by atoms with Crippen LogP contribution in [0.3, 0.4) is 0 Å².